The number of benzene rings is 1. The lowest BCUT2D eigenvalue weighted by Crippen LogP contribution is -2.42. The number of carbonyl (C=O) groups is 2. The summed E-state index contributed by atoms with van der Waals surface area (Å²) in [5.41, 5.74) is -0.751. The predicted octanol–water partition coefficient (Wildman–Crippen LogP) is 1.34. The van der Waals surface area contributed by atoms with Gasteiger partial charge in [0, 0.05) is 18.9 Å². The normalized spacial score (nSPS) is 22.5. The van der Waals surface area contributed by atoms with Crippen molar-refractivity contribution in [2.45, 2.75) is 18.9 Å². The van der Waals surface area contributed by atoms with Crippen LogP contribution in [0.1, 0.15) is 18.9 Å². The van der Waals surface area contributed by atoms with Gasteiger partial charge >= 0.3 is 0 Å². The van der Waals surface area contributed by atoms with Crippen molar-refractivity contribution in [3.63, 3.8) is 0 Å². The SMILES string of the molecule is C=CCC1(O)C(=O)N(C(C)=O)c2ccccc21. The summed E-state index contributed by atoms with van der Waals surface area (Å²) >= 11 is 0. The number of hydrogen-bond donors (Lipinski definition) is 1. The van der Waals surface area contributed by atoms with E-state index in [0.717, 1.165) is 4.90 Å². The van der Waals surface area contributed by atoms with Crippen LogP contribution in [0, 0.1) is 0 Å². The van der Waals surface area contributed by atoms with Crippen LogP contribution in [0.25, 0.3) is 0 Å². The van der Waals surface area contributed by atoms with Crippen molar-refractivity contribution in [1.29, 1.82) is 0 Å². The molecular formula is C13H13NO3. The summed E-state index contributed by atoms with van der Waals surface area (Å²) in [4.78, 5) is 24.6. The molecule has 0 fully saturated rings. The summed E-state index contributed by atoms with van der Waals surface area (Å²) in [7, 11) is 0. The first-order chi connectivity index (χ1) is 8.02. The van der Waals surface area contributed by atoms with Gasteiger partial charge in [0.2, 0.25) is 5.91 Å². The number of aliphatic hydroxyl groups is 1. The minimum Gasteiger partial charge on any atom is -0.375 e. The van der Waals surface area contributed by atoms with Gasteiger partial charge in [0.05, 0.1) is 5.69 Å². The maximum Gasteiger partial charge on any atom is 0.270 e. The van der Waals surface area contributed by atoms with E-state index < -0.39 is 17.4 Å². The number of imide groups is 1. The van der Waals surface area contributed by atoms with E-state index >= 15 is 0 Å². The lowest BCUT2D eigenvalue weighted by molar-refractivity contribution is -0.138. The number of fused-ring (bicyclic) bond motifs is 1. The van der Waals surface area contributed by atoms with Crippen LogP contribution in [0.5, 0.6) is 0 Å². The monoisotopic (exact) mass is 231 g/mol. The van der Waals surface area contributed by atoms with Crippen LogP contribution < -0.4 is 4.90 Å². The highest BCUT2D eigenvalue weighted by Crippen LogP contribution is 2.42. The third-order valence-electron chi connectivity index (χ3n) is 2.90. The Morgan fingerprint density at radius 2 is 2.18 bits per heavy atom. The minimum atomic E-state index is -1.66. The van der Waals surface area contributed by atoms with Crippen molar-refractivity contribution in [2.75, 3.05) is 4.90 Å². The molecule has 1 atom stereocenters. The zero-order chi connectivity index (χ0) is 12.6. The van der Waals surface area contributed by atoms with E-state index in [1.807, 2.05) is 0 Å². The molecule has 17 heavy (non-hydrogen) atoms. The molecule has 0 aliphatic carbocycles. The van der Waals surface area contributed by atoms with Gasteiger partial charge in [-0.25, -0.2) is 4.90 Å². The number of nitrogens with zero attached hydrogens (tertiary/aromatic N) is 1. The van der Waals surface area contributed by atoms with Gasteiger partial charge in [0.25, 0.3) is 5.91 Å². The predicted molar refractivity (Wildman–Crippen MR) is 63.3 cm³/mol. The molecule has 1 aromatic carbocycles. The van der Waals surface area contributed by atoms with Crippen LogP contribution in [0.2, 0.25) is 0 Å². The lowest BCUT2D eigenvalue weighted by atomic mass is 9.92. The maximum absolute atomic E-state index is 12.1. The van der Waals surface area contributed by atoms with Crippen LogP contribution in [-0.4, -0.2) is 16.9 Å². The number of hydrogen-bond acceptors (Lipinski definition) is 3. The molecule has 1 aliphatic rings. The largest absolute Gasteiger partial charge is 0.375 e. The van der Waals surface area contributed by atoms with Gasteiger partial charge in [0.15, 0.2) is 5.60 Å². The zero-order valence-corrected chi connectivity index (χ0v) is 9.51. The van der Waals surface area contributed by atoms with E-state index in [0.29, 0.717) is 11.3 Å². The Balaban J connectivity index is 2.64. The van der Waals surface area contributed by atoms with Crippen molar-refractivity contribution in [1.82, 2.24) is 0 Å². The van der Waals surface area contributed by atoms with Gasteiger partial charge in [-0.05, 0) is 6.07 Å². The van der Waals surface area contributed by atoms with Crippen molar-refractivity contribution in [3.8, 4) is 0 Å². The molecule has 0 radical (unpaired) electrons. The molecule has 4 nitrogen and oxygen atoms in total. The Kier molecular flexibility index (Phi) is 2.59. The molecule has 0 saturated heterocycles. The molecule has 0 saturated carbocycles. The Hall–Kier alpha value is -1.94. The van der Waals surface area contributed by atoms with Gasteiger partial charge in [-0.2, -0.15) is 0 Å². The quantitative estimate of drug-likeness (QED) is 0.781. The van der Waals surface area contributed by atoms with E-state index in [2.05, 4.69) is 6.58 Å². The lowest BCUT2D eigenvalue weighted by Gasteiger charge is -2.20. The highest BCUT2D eigenvalue weighted by Gasteiger charge is 2.50. The van der Waals surface area contributed by atoms with E-state index in [4.69, 9.17) is 0 Å². The second-order valence-electron chi connectivity index (χ2n) is 4.03. The van der Waals surface area contributed by atoms with E-state index in [1.54, 1.807) is 24.3 Å². The number of anilines is 1. The summed E-state index contributed by atoms with van der Waals surface area (Å²) < 4.78 is 0. The molecule has 2 amide bonds. The minimum absolute atomic E-state index is 0.0899. The second-order valence-corrected chi connectivity index (χ2v) is 4.03. The van der Waals surface area contributed by atoms with E-state index in [9.17, 15) is 14.7 Å². The highest BCUT2D eigenvalue weighted by molar-refractivity contribution is 6.21. The van der Waals surface area contributed by atoms with Crippen molar-refractivity contribution < 1.29 is 14.7 Å². The van der Waals surface area contributed by atoms with Crippen LogP contribution in [0.15, 0.2) is 36.9 Å². The highest BCUT2D eigenvalue weighted by atomic mass is 16.3. The molecule has 0 bridgehead atoms. The second kappa shape index (κ2) is 3.82. The van der Waals surface area contributed by atoms with Crippen LogP contribution in [-0.2, 0) is 15.2 Å². The molecule has 1 aromatic rings. The Labute approximate surface area is 99.2 Å². The molecule has 2 rings (SSSR count). The summed E-state index contributed by atoms with van der Waals surface area (Å²) in [6.45, 7) is 4.83. The van der Waals surface area contributed by atoms with Gasteiger partial charge < -0.3 is 5.11 Å². The number of carbonyl (C=O) groups excluding carboxylic acids is 2. The van der Waals surface area contributed by atoms with Gasteiger partial charge in [-0.1, -0.05) is 24.3 Å². The first-order valence-electron chi connectivity index (χ1n) is 5.30. The van der Waals surface area contributed by atoms with Crippen molar-refractivity contribution in [2.24, 2.45) is 0 Å². The molecule has 1 aliphatic heterocycles. The smallest absolute Gasteiger partial charge is 0.270 e. The van der Waals surface area contributed by atoms with E-state index in [1.165, 1.54) is 13.0 Å². The topological polar surface area (TPSA) is 57.6 Å². The van der Waals surface area contributed by atoms with Crippen LogP contribution >= 0.6 is 0 Å². The molecule has 1 N–H and O–H groups in total. The Bertz CT molecular complexity index is 509. The number of para-hydroxylation sites is 1. The van der Waals surface area contributed by atoms with Crippen LogP contribution in [0.3, 0.4) is 0 Å². The summed E-state index contributed by atoms with van der Waals surface area (Å²) in [5.74, 6) is -1.01. The standard InChI is InChI=1S/C13H13NO3/c1-3-8-13(17)10-6-4-5-7-11(10)14(9(2)15)12(13)16/h3-7,17H,1,8H2,2H3. The fourth-order valence-electron chi connectivity index (χ4n) is 2.15. The molecule has 88 valence electrons. The molecular weight excluding hydrogens is 218 g/mol. The molecule has 0 aromatic heterocycles. The third-order valence-corrected chi connectivity index (χ3v) is 2.90. The maximum atomic E-state index is 12.1. The molecule has 0 spiro atoms. The third kappa shape index (κ3) is 1.49. The fourth-order valence-corrected chi connectivity index (χ4v) is 2.15. The first-order valence-corrected chi connectivity index (χ1v) is 5.30. The van der Waals surface area contributed by atoms with Gasteiger partial charge in [-0.15, -0.1) is 6.58 Å². The Morgan fingerprint density at radius 1 is 1.53 bits per heavy atom. The van der Waals surface area contributed by atoms with Crippen molar-refractivity contribution in [3.05, 3.63) is 42.5 Å². The van der Waals surface area contributed by atoms with Crippen LogP contribution in [0.4, 0.5) is 5.69 Å². The van der Waals surface area contributed by atoms with Gasteiger partial charge in [0.1, 0.15) is 0 Å². The molecule has 4 heteroatoms. The van der Waals surface area contributed by atoms with Gasteiger partial charge in [-0.3, -0.25) is 9.59 Å². The van der Waals surface area contributed by atoms with Crippen molar-refractivity contribution >= 4 is 17.5 Å². The fraction of sp³-hybridized carbons (Fsp3) is 0.231. The number of amides is 2. The zero-order valence-electron chi connectivity index (χ0n) is 9.51. The van der Waals surface area contributed by atoms with E-state index in [-0.39, 0.29) is 6.42 Å². The first kappa shape index (κ1) is 11.5. The summed E-state index contributed by atoms with van der Waals surface area (Å²) in [5, 5.41) is 10.4. The summed E-state index contributed by atoms with van der Waals surface area (Å²) in [6, 6.07) is 6.75. The molecule has 1 heterocycles. The Morgan fingerprint density at radius 3 is 2.76 bits per heavy atom. The summed E-state index contributed by atoms with van der Waals surface area (Å²) in [6.07, 6.45) is 1.56. The average Bonchev–Trinajstić information content (AvgIpc) is 2.50. The molecule has 1 unspecified atom stereocenters. The average molecular weight is 231 g/mol. The number of rotatable bonds is 2.